The Morgan fingerprint density at radius 3 is 2.90 bits per heavy atom. The molecule has 0 saturated carbocycles. The number of nitrogens with zero attached hydrogens (tertiary/aromatic N) is 3. The van der Waals surface area contributed by atoms with Crippen molar-refractivity contribution in [2.24, 2.45) is 5.92 Å². The van der Waals surface area contributed by atoms with Crippen LogP contribution in [-0.4, -0.2) is 36.8 Å². The number of aromatic nitrogens is 2. The summed E-state index contributed by atoms with van der Waals surface area (Å²) < 4.78 is 5.34. The first-order chi connectivity index (χ1) is 9.78. The van der Waals surface area contributed by atoms with Gasteiger partial charge in [-0.15, -0.1) is 0 Å². The fourth-order valence-corrected chi connectivity index (χ4v) is 3.59. The SMILES string of the molecule is COCC1CCCN(c2nc(C)nc3c2CCCC3)C1. The predicted molar refractivity (Wildman–Crippen MR) is 80.2 cm³/mol. The highest BCUT2D eigenvalue weighted by atomic mass is 16.5. The number of hydrogen-bond acceptors (Lipinski definition) is 4. The van der Waals surface area contributed by atoms with Crippen LogP contribution >= 0.6 is 0 Å². The van der Waals surface area contributed by atoms with E-state index >= 15 is 0 Å². The Kier molecular flexibility index (Phi) is 4.20. The summed E-state index contributed by atoms with van der Waals surface area (Å²) in [7, 11) is 1.80. The van der Waals surface area contributed by atoms with Gasteiger partial charge < -0.3 is 9.64 Å². The van der Waals surface area contributed by atoms with Crippen LogP contribution in [-0.2, 0) is 17.6 Å². The Balaban J connectivity index is 1.87. The molecule has 0 bridgehead atoms. The van der Waals surface area contributed by atoms with Crippen LogP contribution in [0.4, 0.5) is 5.82 Å². The molecule has 2 heterocycles. The van der Waals surface area contributed by atoms with Gasteiger partial charge in [0.1, 0.15) is 11.6 Å². The lowest BCUT2D eigenvalue weighted by Gasteiger charge is -2.35. The van der Waals surface area contributed by atoms with Crippen molar-refractivity contribution < 1.29 is 4.74 Å². The topological polar surface area (TPSA) is 38.2 Å². The van der Waals surface area contributed by atoms with E-state index in [4.69, 9.17) is 9.72 Å². The second kappa shape index (κ2) is 6.08. The predicted octanol–water partition coefficient (Wildman–Crippen LogP) is 2.53. The van der Waals surface area contributed by atoms with Crippen LogP contribution in [0.1, 0.15) is 42.8 Å². The maximum Gasteiger partial charge on any atom is 0.135 e. The Morgan fingerprint density at radius 2 is 2.05 bits per heavy atom. The lowest BCUT2D eigenvalue weighted by Crippen LogP contribution is -2.38. The van der Waals surface area contributed by atoms with Gasteiger partial charge in [-0.2, -0.15) is 0 Å². The van der Waals surface area contributed by atoms with Crippen LogP contribution in [0, 0.1) is 12.8 Å². The van der Waals surface area contributed by atoms with E-state index in [1.165, 1.54) is 42.8 Å². The summed E-state index contributed by atoms with van der Waals surface area (Å²) in [5, 5.41) is 0. The summed E-state index contributed by atoms with van der Waals surface area (Å²) >= 11 is 0. The van der Waals surface area contributed by atoms with Gasteiger partial charge >= 0.3 is 0 Å². The largest absolute Gasteiger partial charge is 0.384 e. The smallest absolute Gasteiger partial charge is 0.135 e. The molecule has 0 radical (unpaired) electrons. The maximum absolute atomic E-state index is 5.34. The Morgan fingerprint density at radius 1 is 1.20 bits per heavy atom. The molecule has 2 aliphatic rings. The summed E-state index contributed by atoms with van der Waals surface area (Å²) in [5.41, 5.74) is 2.72. The minimum absolute atomic E-state index is 0.642. The van der Waals surface area contributed by atoms with E-state index in [0.717, 1.165) is 38.4 Å². The average molecular weight is 275 g/mol. The highest BCUT2D eigenvalue weighted by Gasteiger charge is 2.25. The number of ether oxygens (including phenoxy) is 1. The minimum atomic E-state index is 0.642. The standard InChI is InChI=1S/C16H25N3O/c1-12-17-15-8-4-3-7-14(15)16(18-12)19-9-5-6-13(10-19)11-20-2/h13H,3-11H2,1-2H3. The summed E-state index contributed by atoms with van der Waals surface area (Å²) in [6, 6.07) is 0. The highest BCUT2D eigenvalue weighted by Crippen LogP contribution is 2.30. The first kappa shape index (κ1) is 13.8. The average Bonchev–Trinajstić information content (AvgIpc) is 2.47. The molecule has 1 aromatic heterocycles. The van der Waals surface area contributed by atoms with E-state index in [-0.39, 0.29) is 0 Å². The molecular weight excluding hydrogens is 250 g/mol. The second-order valence-corrected chi connectivity index (χ2v) is 6.14. The molecule has 1 aromatic rings. The van der Waals surface area contributed by atoms with E-state index in [9.17, 15) is 0 Å². The van der Waals surface area contributed by atoms with Gasteiger partial charge in [0.15, 0.2) is 0 Å². The van der Waals surface area contributed by atoms with Gasteiger partial charge in [0.2, 0.25) is 0 Å². The van der Waals surface area contributed by atoms with Crippen LogP contribution in [0.25, 0.3) is 0 Å². The number of rotatable bonds is 3. The van der Waals surface area contributed by atoms with E-state index in [1.807, 2.05) is 6.92 Å². The van der Waals surface area contributed by atoms with Gasteiger partial charge in [0.05, 0.1) is 6.61 Å². The van der Waals surface area contributed by atoms with Crippen LogP contribution in [0.2, 0.25) is 0 Å². The first-order valence-corrected chi connectivity index (χ1v) is 7.88. The molecule has 1 aliphatic carbocycles. The normalized spacial score (nSPS) is 22.7. The van der Waals surface area contributed by atoms with Crippen LogP contribution in [0.5, 0.6) is 0 Å². The van der Waals surface area contributed by atoms with E-state index in [0.29, 0.717) is 5.92 Å². The number of hydrogen-bond donors (Lipinski definition) is 0. The van der Waals surface area contributed by atoms with Crippen molar-refractivity contribution in [3.05, 3.63) is 17.1 Å². The molecule has 4 nitrogen and oxygen atoms in total. The van der Waals surface area contributed by atoms with Gasteiger partial charge in [0.25, 0.3) is 0 Å². The summed E-state index contributed by atoms with van der Waals surface area (Å²) in [6.45, 7) is 5.09. The number of methoxy groups -OCH3 is 1. The summed E-state index contributed by atoms with van der Waals surface area (Å²) in [6.07, 6.45) is 7.34. The summed E-state index contributed by atoms with van der Waals surface area (Å²) in [5.74, 6) is 2.78. The van der Waals surface area contributed by atoms with Gasteiger partial charge in [0, 0.05) is 31.5 Å². The maximum atomic E-state index is 5.34. The monoisotopic (exact) mass is 275 g/mol. The molecular formula is C16H25N3O. The van der Waals surface area contributed by atoms with Crippen LogP contribution in [0.3, 0.4) is 0 Å². The zero-order valence-electron chi connectivity index (χ0n) is 12.7. The fraction of sp³-hybridized carbons (Fsp3) is 0.750. The molecule has 0 amide bonds. The third-order valence-corrected chi connectivity index (χ3v) is 4.49. The number of fused-ring (bicyclic) bond motifs is 1. The summed E-state index contributed by atoms with van der Waals surface area (Å²) in [4.78, 5) is 11.9. The number of aryl methyl sites for hydroxylation is 2. The molecule has 3 rings (SSSR count). The molecule has 110 valence electrons. The number of piperidine rings is 1. The lowest BCUT2D eigenvalue weighted by molar-refractivity contribution is 0.143. The van der Waals surface area contributed by atoms with Gasteiger partial charge in [-0.25, -0.2) is 9.97 Å². The van der Waals surface area contributed by atoms with Crippen molar-refractivity contribution in [2.45, 2.75) is 45.4 Å². The van der Waals surface area contributed by atoms with E-state index in [2.05, 4.69) is 9.88 Å². The second-order valence-electron chi connectivity index (χ2n) is 6.14. The zero-order chi connectivity index (χ0) is 13.9. The van der Waals surface area contributed by atoms with E-state index in [1.54, 1.807) is 7.11 Å². The molecule has 20 heavy (non-hydrogen) atoms. The fourth-order valence-electron chi connectivity index (χ4n) is 3.59. The zero-order valence-corrected chi connectivity index (χ0v) is 12.7. The van der Waals surface area contributed by atoms with Crippen molar-refractivity contribution in [3.8, 4) is 0 Å². The Labute approximate surface area is 121 Å². The van der Waals surface area contributed by atoms with Gasteiger partial charge in [-0.1, -0.05) is 0 Å². The van der Waals surface area contributed by atoms with Crippen molar-refractivity contribution in [2.75, 3.05) is 31.7 Å². The molecule has 4 heteroatoms. The molecule has 0 aromatic carbocycles. The molecule has 1 atom stereocenters. The highest BCUT2D eigenvalue weighted by molar-refractivity contribution is 5.50. The van der Waals surface area contributed by atoms with Crippen molar-refractivity contribution >= 4 is 5.82 Å². The minimum Gasteiger partial charge on any atom is -0.384 e. The Hall–Kier alpha value is -1.16. The Bertz CT molecular complexity index is 473. The van der Waals surface area contributed by atoms with Crippen LogP contribution in [0.15, 0.2) is 0 Å². The molecule has 1 aliphatic heterocycles. The molecule has 1 fully saturated rings. The van der Waals surface area contributed by atoms with Crippen molar-refractivity contribution in [1.82, 2.24) is 9.97 Å². The quantitative estimate of drug-likeness (QED) is 0.849. The van der Waals surface area contributed by atoms with Crippen molar-refractivity contribution in [3.63, 3.8) is 0 Å². The molecule has 1 saturated heterocycles. The molecule has 1 unspecified atom stereocenters. The third-order valence-electron chi connectivity index (χ3n) is 4.49. The number of anilines is 1. The molecule has 0 N–H and O–H groups in total. The van der Waals surface area contributed by atoms with Gasteiger partial charge in [-0.05, 0) is 51.4 Å². The van der Waals surface area contributed by atoms with Crippen LogP contribution < -0.4 is 4.90 Å². The molecule has 0 spiro atoms. The van der Waals surface area contributed by atoms with Crippen molar-refractivity contribution in [1.29, 1.82) is 0 Å². The third kappa shape index (κ3) is 2.80. The lowest BCUT2D eigenvalue weighted by atomic mass is 9.94. The van der Waals surface area contributed by atoms with E-state index < -0.39 is 0 Å². The van der Waals surface area contributed by atoms with Gasteiger partial charge in [-0.3, -0.25) is 0 Å². The first-order valence-electron chi connectivity index (χ1n) is 7.88.